The van der Waals surface area contributed by atoms with E-state index in [1.807, 2.05) is 31.2 Å². The van der Waals surface area contributed by atoms with E-state index >= 15 is 0 Å². The van der Waals surface area contributed by atoms with Crippen LogP contribution in [0.5, 0.6) is 0 Å². The van der Waals surface area contributed by atoms with Gasteiger partial charge in [0.05, 0.1) is 13.2 Å². The van der Waals surface area contributed by atoms with E-state index in [4.69, 9.17) is 15.2 Å². The van der Waals surface area contributed by atoms with E-state index < -0.39 is 0 Å². The van der Waals surface area contributed by atoms with Gasteiger partial charge >= 0.3 is 0 Å². The predicted octanol–water partition coefficient (Wildman–Crippen LogP) is 1.66. The van der Waals surface area contributed by atoms with Crippen LogP contribution in [0.3, 0.4) is 0 Å². The van der Waals surface area contributed by atoms with Crippen molar-refractivity contribution >= 4 is 5.96 Å². The summed E-state index contributed by atoms with van der Waals surface area (Å²) in [4.78, 5) is 4.30. The Morgan fingerprint density at radius 3 is 2.60 bits per heavy atom. The fourth-order valence-electron chi connectivity index (χ4n) is 1.67. The molecule has 20 heavy (non-hydrogen) atoms. The topological polar surface area (TPSA) is 68.9 Å². The van der Waals surface area contributed by atoms with Gasteiger partial charge in [-0.05, 0) is 24.5 Å². The zero-order valence-corrected chi connectivity index (χ0v) is 12.4. The molecule has 5 nitrogen and oxygen atoms in total. The number of hydrogen-bond acceptors (Lipinski definition) is 3. The lowest BCUT2D eigenvalue weighted by Crippen LogP contribution is -2.32. The van der Waals surface area contributed by atoms with Crippen molar-refractivity contribution in [2.24, 2.45) is 10.7 Å². The number of rotatable bonds is 9. The average Bonchev–Trinajstić information content (AvgIpc) is 2.47. The van der Waals surface area contributed by atoms with Crippen LogP contribution in [0.15, 0.2) is 29.3 Å². The van der Waals surface area contributed by atoms with Crippen molar-refractivity contribution in [1.29, 1.82) is 0 Å². The first kappa shape index (κ1) is 16.5. The lowest BCUT2D eigenvalue weighted by atomic mass is 10.1. The molecule has 1 aromatic rings. The van der Waals surface area contributed by atoms with Gasteiger partial charge in [-0.2, -0.15) is 0 Å². The first-order valence-electron chi connectivity index (χ1n) is 6.94. The molecule has 0 radical (unpaired) electrons. The lowest BCUT2D eigenvalue weighted by Gasteiger charge is -2.06. The minimum absolute atomic E-state index is 0.475. The van der Waals surface area contributed by atoms with Gasteiger partial charge in [0.1, 0.15) is 0 Å². The fourth-order valence-corrected chi connectivity index (χ4v) is 1.67. The van der Waals surface area contributed by atoms with Crippen LogP contribution in [-0.4, -0.2) is 32.8 Å². The number of nitrogens with two attached hydrogens (primary N) is 1. The monoisotopic (exact) mass is 279 g/mol. The Morgan fingerprint density at radius 1 is 1.25 bits per heavy atom. The van der Waals surface area contributed by atoms with E-state index in [0.29, 0.717) is 19.1 Å². The van der Waals surface area contributed by atoms with Gasteiger partial charge < -0.3 is 20.5 Å². The van der Waals surface area contributed by atoms with Crippen LogP contribution < -0.4 is 11.1 Å². The molecule has 3 N–H and O–H groups in total. The van der Waals surface area contributed by atoms with E-state index in [2.05, 4.69) is 10.3 Å². The highest BCUT2D eigenvalue weighted by molar-refractivity contribution is 5.77. The third-order valence-electron chi connectivity index (χ3n) is 2.74. The summed E-state index contributed by atoms with van der Waals surface area (Å²) in [5.41, 5.74) is 8.08. The highest BCUT2D eigenvalue weighted by atomic mass is 16.5. The average molecular weight is 279 g/mol. The molecular weight excluding hydrogens is 254 g/mol. The minimum Gasteiger partial charge on any atom is -0.382 e. The van der Waals surface area contributed by atoms with Crippen LogP contribution >= 0.6 is 0 Å². The van der Waals surface area contributed by atoms with Crippen LogP contribution in [-0.2, 0) is 22.6 Å². The molecule has 0 heterocycles. The summed E-state index contributed by atoms with van der Waals surface area (Å²) >= 11 is 0. The number of ether oxygens (including phenoxy) is 2. The molecule has 0 atom stereocenters. The molecule has 0 fully saturated rings. The molecule has 0 saturated carbocycles. The normalized spacial score (nSPS) is 11.6. The molecule has 1 rings (SSSR count). The van der Waals surface area contributed by atoms with Crippen molar-refractivity contribution in [3.8, 4) is 0 Å². The molecule has 0 aromatic heterocycles. The van der Waals surface area contributed by atoms with Gasteiger partial charge in [0.25, 0.3) is 0 Å². The number of hydrogen-bond donors (Lipinski definition) is 2. The van der Waals surface area contributed by atoms with Gasteiger partial charge in [-0.3, -0.25) is 0 Å². The first-order chi connectivity index (χ1) is 9.76. The second-order valence-electron chi connectivity index (χ2n) is 4.43. The summed E-state index contributed by atoms with van der Waals surface area (Å²) in [6.07, 6.45) is 0.926. The molecule has 0 unspecified atom stereocenters. The molecule has 0 aliphatic heterocycles. The van der Waals surface area contributed by atoms with Crippen LogP contribution in [0.25, 0.3) is 0 Å². The number of aliphatic imine (C=N–C) groups is 1. The number of benzene rings is 1. The Labute approximate surface area is 121 Å². The summed E-state index contributed by atoms with van der Waals surface area (Å²) in [5, 5.41) is 3.07. The molecule has 1 aromatic carbocycles. The molecule has 0 bridgehead atoms. The van der Waals surface area contributed by atoms with Crippen molar-refractivity contribution in [3.63, 3.8) is 0 Å². The maximum Gasteiger partial charge on any atom is 0.188 e. The van der Waals surface area contributed by atoms with Crippen LogP contribution in [0.4, 0.5) is 0 Å². The van der Waals surface area contributed by atoms with Crippen LogP contribution in [0, 0.1) is 0 Å². The molecule has 0 aliphatic carbocycles. The van der Waals surface area contributed by atoms with Gasteiger partial charge in [0.2, 0.25) is 0 Å². The first-order valence-corrected chi connectivity index (χ1v) is 6.94. The highest BCUT2D eigenvalue weighted by Crippen LogP contribution is 2.06. The summed E-state index contributed by atoms with van der Waals surface area (Å²) in [6.45, 7) is 5.48. The largest absolute Gasteiger partial charge is 0.382 e. The smallest absolute Gasteiger partial charge is 0.188 e. The van der Waals surface area contributed by atoms with Crippen LogP contribution in [0.2, 0.25) is 0 Å². The zero-order valence-electron chi connectivity index (χ0n) is 12.4. The van der Waals surface area contributed by atoms with Gasteiger partial charge in [-0.15, -0.1) is 0 Å². The number of guanidine groups is 1. The SMILES string of the molecule is CCOCCCNC(N)=NCc1ccc(COC)cc1. The Bertz CT molecular complexity index is 391. The quantitative estimate of drug-likeness (QED) is 0.410. The van der Waals surface area contributed by atoms with Crippen molar-refractivity contribution in [2.75, 3.05) is 26.9 Å². The second-order valence-corrected chi connectivity index (χ2v) is 4.43. The van der Waals surface area contributed by atoms with Crippen molar-refractivity contribution in [2.45, 2.75) is 26.5 Å². The molecule has 112 valence electrons. The van der Waals surface area contributed by atoms with Crippen molar-refractivity contribution < 1.29 is 9.47 Å². The summed E-state index contributed by atoms with van der Waals surface area (Å²) < 4.78 is 10.3. The summed E-state index contributed by atoms with van der Waals surface area (Å²) in [6, 6.07) is 8.17. The maximum atomic E-state index is 5.79. The molecule has 5 heteroatoms. The minimum atomic E-state index is 0.475. The van der Waals surface area contributed by atoms with E-state index in [0.717, 1.165) is 37.3 Å². The highest BCUT2D eigenvalue weighted by Gasteiger charge is 1.95. The number of nitrogens with one attached hydrogen (secondary N) is 1. The van der Waals surface area contributed by atoms with E-state index in [1.165, 1.54) is 0 Å². The summed E-state index contributed by atoms with van der Waals surface area (Å²) in [7, 11) is 1.69. The standard InChI is InChI=1S/C15H25N3O2/c1-3-20-10-4-9-17-15(16)18-11-13-5-7-14(8-6-13)12-19-2/h5-8H,3-4,9-12H2,1-2H3,(H3,16,17,18). The third kappa shape index (κ3) is 7.11. The van der Waals surface area contributed by atoms with Crippen molar-refractivity contribution in [1.82, 2.24) is 5.32 Å². The van der Waals surface area contributed by atoms with E-state index in [9.17, 15) is 0 Å². The van der Waals surface area contributed by atoms with Gasteiger partial charge in [0, 0.05) is 26.9 Å². The number of nitrogens with zero attached hydrogens (tertiary/aromatic N) is 1. The Morgan fingerprint density at radius 2 is 1.95 bits per heavy atom. The molecular formula is C15H25N3O2. The Hall–Kier alpha value is -1.59. The Kier molecular flexibility index (Phi) is 8.42. The molecule has 0 spiro atoms. The van der Waals surface area contributed by atoms with Gasteiger partial charge in [0.15, 0.2) is 5.96 Å². The molecule has 0 amide bonds. The number of methoxy groups -OCH3 is 1. The maximum absolute atomic E-state index is 5.79. The van der Waals surface area contributed by atoms with E-state index in [-0.39, 0.29) is 0 Å². The predicted molar refractivity (Wildman–Crippen MR) is 81.6 cm³/mol. The van der Waals surface area contributed by atoms with E-state index in [1.54, 1.807) is 7.11 Å². The van der Waals surface area contributed by atoms with Crippen LogP contribution in [0.1, 0.15) is 24.5 Å². The van der Waals surface area contributed by atoms with Gasteiger partial charge in [-0.1, -0.05) is 24.3 Å². The Balaban J connectivity index is 2.27. The molecule has 0 aliphatic rings. The van der Waals surface area contributed by atoms with Crippen molar-refractivity contribution in [3.05, 3.63) is 35.4 Å². The summed E-state index contributed by atoms with van der Waals surface area (Å²) in [5.74, 6) is 0.475. The second kappa shape index (κ2) is 10.2. The zero-order chi connectivity index (χ0) is 14.6. The van der Waals surface area contributed by atoms with Gasteiger partial charge in [-0.25, -0.2) is 4.99 Å². The fraction of sp³-hybridized carbons (Fsp3) is 0.533. The molecule has 0 saturated heterocycles. The third-order valence-corrected chi connectivity index (χ3v) is 2.74. The lowest BCUT2D eigenvalue weighted by molar-refractivity contribution is 0.145.